The summed E-state index contributed by atoms with van der Waals surface area (Å²) in [6.45, 7) is 3.49. The van der Waals surface area contributed by atoms with Crippen molar-refractivity contribution in [2.75, 3.05) is 18.4 Å². The van der Waals surface area contributed by atoms with Crippen molar-refractivity contribution in [1.82, 2.24) is 39.9 Å². The summed E-state index contributed by atoms with van der Waals surface area (Å²) in [6, 6.07) is 6.49. The molecule has 1 aliphatic rings. The Kier molecular flexibility index (Phi) is 5.23. The topological polar surface area (TPSA) is 115 Å². The highest BCUT2D eigenvalue weighted by molar-refractivity contribution is 5.87. The number of aromatic nitrogens is 7. The second kappa shape index (κ2) is 8.69. The van der Waals surface area contributed by atoms with Gasteiger partial charge in [0.15, 0.2) is 17.3 Å². The lowest BCUT2D eigenvalue weighted by molar-refractivity contribution is 0.473. The van der Waals surface area contributed by atoms with Gasteiger partial charge in [0.25, 0.3) is 0 Å². The van der Waals surface area contributed by atoms with Gasteiger partial charge < -0.3 is 15.4 Å². The second-order valence-electron chi connectivity index (χ2n) is 8.08. The molecule has 0 fully saturated rings. The molecule has 6 rings (SSSR count). The Morgan fingerprint density at radius 3 is 2.94 bits per heavy atom. The van der Waals surface area contributed by atoms with Crippen molar-refractivity contribution in [3.63, 3.8) is 0 Å². The molecule has 174 valence electrons. The molecule has 11 heteroatoms. The molecule has 10 nitrogen and oxygen atoms in total. The SMILES string of the molecule is Cc1cc(Nc2ncnc3cnc(C4=CCNCC4)nc23)c(F)cc1Oc1ccn2ncnc2c1. The molecule has 1 aliphatic heterocycles. The standard InChI is InChI=1S/C24H20FN9O/c1-14-8-18(17(25)10-20(14)35-16-4-7-34-21(9-16)29-13-31-34)32-24-22-19(28-12-30-24)11-27-23(33-22)15-2-5-26-6-3-15/h2,4,7-13,26H,3,5-6H2,1H3,(H,28,30,32). The van der Waals surface area contributed by atoms with Crippen molar-refractivity contribution >= 4 is 33.8 Å². The summed E-state index contributed by atoms with van der Waals surface area (Å²) in [7, 11) is 0. The Morgan fingerprint density at radius 2 is 2.06 bits per heavy atom. The maximum Gasteiger partial charge on any atom is 0.160 e. The van der Waals surface area contributed by atoms with Gasteiger partial charge in [-0.15, -0.1) is 0 Å². The van der Waals surface area contributed by atoms with Crippen LogP contribution < -0.4 is 15.4 Å². The highest BCUT2D eigenvalue weighted by Gasteiger charge is 2.15. The van der Waals surface area contributed by atoms with Crippen LogP contribution in [0.4, 0.5) is 15.9 Å². The van der Waals surface area contributed by atoms with E-state index in [0.29, 0.717) is 39.8 Å². The Morgan fingerprint density at radius 1 is 1.11 bits per heavy atom. The number of halogens is 1. The molecule has 2 N–H and O–H groups in total. The Labute approximate surface area is 199 Å². The lowest BCUT2D eigenvalue weighted by Gasteiger charge is -2.15. The minimum atomic E-state index is -0.490. The summed E-state index contributed by atoms with van der Waals surface area (Å²) in [5, 5.41) is 10.4. The van der Waals surface area contributed by atoms with Gasteiger partial charge in [0, 0.05) is 24.9 Å². The van der Waals surface area contributed by atoms with Crippen LogP contribution in [0.15, 0.2) is 55.4 Å². The normalized spacial score (nSPS) is 13.7. The Bertz CT molecular complexity index is 1600. The summed E-state index contributed by atoms with van der Waals surface area (Å²) < 4.78 is 22.7. The lowest BCUT2D eigenvalue weighted by atomic mass is 10.1. The third-order valence-electron chi connectivity index (χ3n) is 5.73. The van der Waals surface area contributed by atoms with Crippen LogP contribution in [0.25, 0.3) is 22.3 Å². The molecule has 0 aliphatic carbocycles. The predicted octanol–water partition coefficient (Wildman–Crippen LogP) is 3.82. The number of hydrogen-bond acceptors (Lipinski definition) is 9. The maximum atomic E-state index is 15.1. The number of pyridine rings is 1. The van der Waals surface area contributed by atoms with Gasteiger partial charge in [0.1, 0.15) is 41.0 Å². The fraction of sp³-hybridized carbons (Fsp3) is 0.167. The van der Waals surface area contributed by atoms with Crippen LogP contribution in [0.1, 0.15) is 17.8 Å². The first-order valence-electron chi connectivity index (χ1n) is 11.1. The van der Waals surface area contributed by atoms with E-state index in [4.69, 9.17) is 4.74 Å². The van der Waals surface area contributed by atoms with E-state index < -0.39 is 5.82 Å². The molecule has 0 saturated heterocycles. The Hall–Kier alpha value is -4.51. The maximum absolute atomic E-state index is 15.1. The van der Waals surface area contributed by atoms with E-state index >= 15 is 4.39 Å². The number of aryl methyl sites for hydroxylation is 1. The highest BCUT2D eigenvalue weighted by Crippen LogP contribution is 2.32. The van der Waals surface area contributed by atoms with Gasteiger partial charge >= 0.3 is 0 Å². The smallest absolute Gasteiger partial charge is 0.160 e. The number of nitrogens with one attached hydrogen (secondary N) is 2. The monoisotopic (exact) mass is 469 g/mol. The molecule has 5 heterocycles. The average molecular weight is 469 g/mol. The van der Waals surface area contributed by atoms with Gasteiger partial charge in [-0.3, -0.25) is 0 Å². The summed E-state index contributed by atoms with van der Waals surface area (Å²) in [4.78, 5) is 21.9. The molecule has 4 aromatic heterocycles. The molecular formula is C24H20FN9O. The van der Waals surface area contributed by atoms with Crippen LogP contribution in [0, 0.1) is 12.7 Å². The van der Waals surface area contributed by atoms with Gasteiger partial charge in [-0.2, -0.15) is 5.10 Å². The highest BCUT2D eigenvalue weighted by atomic mass is 19.1. The van der Waals surface area contributed by atoms with Crippen molar-refractivity contribution in [3.8, 4) is 11.5 Å². The number of anilines is 2. The van der Waals surface area contributed by atoms with E-state index in [0.717, 1.165) is 30.6 Å². The molecule has 0 amide bonds. The number of nitrogens with zero attached hydrogens (tertiary/aromatic N) is 7. The van der Waals surface area contributed by atoms with E-state index in [9.17, 15) is 0 Å². The zero-order valence-electron chi connectivity index (χ0n) is 18.7. The van der Waals surface area contributed by atoms with Crippen molar-refractivity contribution < 1.29 is 9.13 Å². The van der Waals surface area contributed by atoms with Crippen molar-refractivity contribution in [3.05, 3.63) is 72.6 Å². The van der Waals surface area contributed by atoms with E-state index in [1.165, 1.54) is 18.7 Å². The van der Waals surface area contributed by atoms with Gasteiger partial charge in [0.2, 0.25) is 0 Å². The number of rotatable bonds is 5. The molecule has 1 aromatic carbocycles. The molecule has 0 saturated carbocycles. The molecule has 35 heavy (non-hydrogen) atoms. The number of ether oxygens (including phenoxy) is 1. The molecular weight excluding hydrogens is 449 g/mol. The summed E-state index contributed by atoms with van der Waals surface area (Å²) in [5.41, 5.74) is 3.79. The molecule has 5 aromatic rings. The van der Waals surface area contributed by atoms with Gasteiger partial charge in [-0.25, -0.2) is 33.8 Å². The zero-order chi connectivity index (χ0) is 23.8. The van der Waals surface area contributed by atoms with Gasteiger partial charge in [-0.1, -0.05) is 6.08 Å². The van der Waals surface area contributed by atoms with Crippen LogP contribution in [0.3, 0.4) is 0 Å². The third kappa shape index (κ3) is 4.13. The second-order valence-corrected chi connectivity index (χ2v) is 8.08. The average Bonchev–Trinajstić information content (AvgIpc) is 3.35. The molecule has 0 spiro atoms. The van der Waals surface area contributed by atoms with E-state index in [-0.39, 0.29) is 5.69 Å². The summed E-state index contributed by atoms with van der Waals surface area (Å²) in [5.74, 6) is 1.47. The molecule has 0 bridgehead atoms. The van der Waals surface area contributed by atoms with E-state index in [1.807, 2.05) is 6.92 Å². The number of fused-ring (bicyclic) bond motifs is 2. The summed E-state index contributed by atoms with van der Waals surface area (Å²) >= 11 is 0. The fourth-order valence-electron chi connectivity index (χ4n) is 3.91. The van der Waals surface area contributed by atoms with Gasteiger partial charge in [-0.05, 0) is 43.2 Å². The largest absolute Gasteiger partial charge is 0.457 e. The molecule has 0 atom stereocenters. The van der Waals surface area contributed by atoms with Crippen molar-refractivity contribution in [2.45, 2.75) is 13.3 Å². The number of hydrogen-bond donors (Lipinski definition) is 2. The first-order chi connectivity index (χ1) is 17.1. The van der Waals surface area contributed by atoms with Crippen LogP contribution in [-0.4, -0.2) is 47.6 Å². The molecule has 0 radical (unpaired) electrons. The van der Waals surface area contributed by atoms with Crippen LogP contribution in [0.2, 0.25) is 0 Å². The van der Waals surface area contributed by atoms with Crippen molar-refractivity contribution in [1.29, 1.82) is 0 Å². The third-order valence-corrected chi connectivity index (χ3v) is 5.73. The number of benzene rings is 1. The van der Waals surface area contributed by atoms with E-state index in [1.54, 1.807) is 35.1 Å². The van der Waals surface area contributed by atoms with Crippen LogP contribution in [-0.2, 0) is 0 Å². The zero-order valence-corrected chi connectivity index (χ0v) is 18.7. The Balaban J connectivity index is 1.31. The summed E-state index contributed by atoms with van der Waals surface area (Å²) in [6.07, 6.45) is 9.16. The van der Waals surface area contributed by atoms with Gasteiger partial charge in [0.05, 0.1) is 11.9 Å². The van der Waals surface area contributed by atoms with E-state index in [2.05, 4.69) is 46.7 Å². The quantitative estimate of drug-likeness (QED) is 0.396. The van der Waals surface area contributed by atoms with Crippen LogP contribution >= 0.6 is 0 Å². The predicted molar refractivity (Wildman–Crippen MR) is 128 cm³/mol. The minimum absolute atomic E-state index is 0.254. The first kappa shape index (κ1) is 21.1. The molecule has 0 unspecified atom stereocenters. The first-order valence-corrected chi connectivity index (χ1v) is 11.1. The van der Waals surface area contributed by atoms with Crippen molar-refractivity contribution in [2.24, 2.45) is 0 Å². The van der Waals surface area contributed by atoms with Crippen LogP contribution in [0.5, 0.6) is 11.5 Å². The minimum Gasteiger partial charge on any atom is -0.457 e. The lowest BCUT2D eigenvalue weighted by Crippen LogP contribution is -2.20. The fourth-order valence-corrected chi connectivity index (χ4v) is 3.91.